The average molecular weight is 470 g/mol. The molecule has 34 heavy (non-hydrogen) atoms. The van der Waals surface area contributed by atoms with Crippen molar-refractivity contribution in [2.45, 2.75) is 27.2 Å². The largest absolute Gasteiger partial charge is 0.396 e. The minimum Gasteiger partial charge on any atom is -0.396 e. The number of para-hydroxylation sites is 2. The maximum Gasteiger partial charge on any atom is 0.207 e. The molecular formula is C25H32FN5O3. The maximum atomic E-state index is 14.2. The van der Waals surface area contributed by atoms with Crippen LogP contribution in [0.1, 0.15) is 27.2 Å². The molecule has 0 unspecified atom stereocenters. The molecule has 3 heterocycles. The number of carbonyl (C=O) groups excluding carboxylic acids is 2. The van der Waals surface area contributed by atoms with Crippen LogP contribution in [-0.2, 0) is 9.59 Å². The summed E-state index contributed by atoms with van der Waals surface area (Å²) < 4.78 is 14.2. The summed E-state index contributed by atoms with van der Waals surface area (Å²) in [5, 5.41) is 11.5. The number of halogens is 1. The number of nitrogens with zero attached hydrogens (tertiary/aromatic N) is 3. The van der Waals surface area contributed by atoms with Crippen molar-refractivity contribution in [3.05, 3.63) is 42.3 Å². The number of fused-ring (bicyclic) bond motifs is 1. The molecule has 3 aromatic rings. The third-order valence-corrected chi connectivity index (χ3v) is 4.53. The lowest BCUT2D eigenvalue weighted by Gasteiger charge is -2.28. The lowest BCUT2D eigenvalue weighted by Crippen LogP contribution is -2.43. The van der Waals surface area contributed by atoms with Crippen molar-refractivity contribution in [1.82, 2.24) is 20.3 Å². The van der Waals surface area contributed by atoms with Gasteiger partial charge in [0.05, 0.1) is 29.4 Å². The zero-order chi connectivity index (χ0) is 25.3. The number of pyridine rings is 1. The van der Waals surface area contributed by atoms with Gasteiger partial charge in [-0.2, -0.15) is 0 Å². The molecule has 8 nitrogen and oxygen atoms in total. The second kappa shape index (κ2) is 16.1. The molecule has 0 saturated carbocycles. The molecule has 4 rings (SSSR count). The fraction of sp³-hybridized carbons (Fsp3) is 0.360. The molecule has 1 aliphatic rings. The van der Waals surface area contributed by atoms with E-state index in [1.165, 1.54) is 6.20 Å². The molecule has 0 aliphatic carbocycles. The molecule has 3 N–H and O–H groups in total. The fourth-order valence-corrected chi connectivity index (χ4v) is 3.06. The van der Waals surface area contributed by atoms with Crippen molar-refractivity contribution < 1.29 is 19.1 Å². The smallest absolute Gasteiger partial charge is 0.207 e. The lowest BCUT2D eigenvalue weighted by molar-refractivity contribution is -0.114. The van der Waals surface area contributed by atoms with E-state index in [0.717, 1.165) is 43.0 Å². The molecule has 1 aromatic carbocycles. The molecule has 1 fully saturated rings. The first-order chi connectivity index (χ1) is 16.6. The topological polar surface area (TPSA) is 111 Å². The van der Waals surface area contributed by atoms with Crippen LogP contribution in [0, 0.1) is 17.7 Å². The van der Waals surface area contributed by atoms with Crippen LogP contribution < -0.4 is 10.2 Å². The monoisotopic (exact) mass is 469 g/mol. The predicted molar refractivity (Wildman–Crippen MR) is 133 cm³/mol. The summed E-state index contributed by atoms with van der Waals surface area (Å²) in [6.07, 6.45) is 1.43. The van der Waals surface area contributed by atoms with Crippen molar-refractivity contribution in [2.24, 2.45) is 0 Å². The minimum absolute atomic E-state index is 0.104. The summed E-state index contributed by atoms with van der Waals surface area (Å²) in [6, 6.07) is 9.47. The number of Topliss-reactive ketones (excluding diaryl/α,β-unsaturated/α-hetero) is 1. The van der Waals surface area contributed by atoms with E-state index in [-0.39, 0.29) is 24.6 Å². The average Bonchev–Trinajstić information content (AvgIpc) is 3.32. The van der Waals surface area contributed by atoms with Gasteiger partial charge >= 0.3 is 0 Å². The summed E-state index contributed by atoms with van der Waals surface area (Å²) in [6.45, 7) is 11.1. The molecule has 2 aromatic heterocycles. The molecule has 0 spiro atoms. The van der Waals surface area contributed by atoms with E-state index in [0.29, 0.717) is 11.4 Å². The zero-order valence-electron chi connectivity index (χ0n) is 19.9. The van der Waals surface area contributed by atoms with Crippen LogP contribution in [0.2, 0.25) is 0 Å². The predicted octanol–water partition coefficient (Wildman–Crippen LogP) is 2.98. The van der Waals surface area contributed by atoms with E-state index in [9.17, 15) is 9.18 Å². The Hall–Kier alpha value is -3.61. The van der Waals surface area contributed by atoms with Crippen molar-refractivity contribution in [3.63, 3.8) is 0 Å². The molecule has 0 radical (unpaired) electrons. The van der Waals surface area contributed by atoms with Crippen LogP contribution in [0.15, 0.2) is 36.5 Å². The van der Waals surface area contributed by atoms with Gasteiger partial charge in [0.25, 0.3) is 0 Å². The highest BCUT2D eigenvalue weighted by molar-refractivity contribution is 5.95. The minimum atomic E-state index is -0.363. The number of aliphatic hydroxyl groups excluding tert-OH is 1. The fourth-order valence-electron chi connectivity index (χ4n) is 3.06. The van der Waals surface area contributed by atoms with Gasteiger partial charge in [-0.05, 0) is 31.0 Å². The standard InChI is InChI=1S/C16H16FN5.C6H8O2.C2H6.CH2O/c17-12-10-19-15(22-7-5-18-6-8-22)9-11(12)16-20-13-3-1-2-4-14(13)21-16;1-2-3-6(8)4-5-7;2*1-2/h1-4,9-10,18H,5-8H2,(H,20,21);7H,4-5H2,1H3;1-2H3;1H2. The first-order valence-electron chi connectivity index (χ1n) is 11.0. The van der Waals surface area contributed by atoms with Crippen LogP contribution in [0.4, 0.5) is 10.2 Å². The van der Waals surface area contributed by atoms with Gasteiger partial charge in [0.15, 0.2) is 5.82 Å². The Bertz CT molecular complexity index is 1050. The molecular weight excluding hydrogens is 437 g/mol. The van der Waals surface area contributed by atoms with Gasteiger partial charge in [-0.3, -0.25) is 4.79 Å². The van der Waals surface area contributed by atoms with Gasteiger partial charge in [0.2, 0.25) is 5.78 Å². The summed E-state index contributed by atoms with van der Waals surface area (Å²) in [5.74, 6) is 5.51. The highest BCUT2D eigenvalue weighted by Crippen LogP contribution is 2.26. The van der Waals surface area contributed by atoms with E-state index < -0.39 is 0 Å². The maximum absolute atomic E-state index is 14.2. The van der Waals surface area contributed by atoms with Gasteiger partial charge in [0, 0.05) is 32.6 Å². The van der Waals surface area contributed by atoms with Gasteiger partial charge in [0.1, 0.15) is 18.4 Å². The number of hydrogen-bond acceptors (Lipinski definition) is 7. The van der Waals surface area contributed by atoms with Gasteiger partial charge in [-0.1, -0.05) is 31.9 Å². The SMILES string of the molecule is C=O.CC.CC#CC(=O)CCO.Fc1cnc(N2CCNCC2)cc1-c1nc2ccccc2[nH]1. The lowest BCUT2D eigenvalue weighted by atomic mass is 10.2. The number of piperazine rings is 1. The highest BCUT2D eigenvalue weighted by atomic mass is 19.1. The Labute approximate surface area is 199 Å². The molecule has 9 heteroatoms. The van der Waals surface area contributed by atoms with E-state index in [2.05, 4.69) is 37.0 Å². The number of aromatic amines is 1. The molecule has 0 bridgehead atoms. The molecule has 182 valence electrons. The summed E-state index contributed by atoms with van der Waals surface area (Å²) in [4.78, 5) is 32.3. The Balaban J connectivity index is 0.000000411. The zero-order valence-corrected chi connectivity index (χ0v) is 19.9. The van der Waals surface area contributed by atoms with E-state index in [1.54, 1.807) is 13.0 Å². The van der Waals surface area contributed by atoms with Gasteiger partial charge in [-0.15, -0.1) is 0 Å². The number of carbonyl (C=O) groups is 2. The van der Waals surface area contributed by atoms with Crippen LogP contribution in [0.5, 0.6) is 0 Å². The number of hydrogen-bond donors (Lipinski definition) is 3. The van der Waals surface area contributed by atoms with Crippen molar-refractivity contribution in [3.8, 4) is 23.2 Å². The van der Waals surface area contributed by atoms with Crippen molar-refractivity contribution in [1.29, 1.82) is 0 Å². The van der Waals surface area contributed by atoms with Crippen molar-refractivity contribution >= 4 is 29.4 Å². The van der Waals surface area contributed by atoms with Crippen molar-refractivity contribution in [2.75, 3.05) is 37.7 Å². The quantitative estimate of drug-likeness (QED) is 0.398. The Morgan fingerprint density at radius 1 is 1.24 bits per heavy atom. The molecule has 1 aliphatic heterocycles. The molecule has 0 atom stereocenters. The Morgan fingerprint density at radius 2 is 1.91 bits per heavy atom. The molecule has 0 amide bonds. The first-order valence-corrected chi connectivity index (χ1v) is 11.0. The van der Waals surface area contributed by atoms with E-state index >= 15 is 0 Å². The second-order valence-corrected chi connectivity index (χ2v) is 6.63. The number of imidazole rings is 1. The molecule has 1 saturated heterocycles. The summed E-state index contributed by atoms with van der Waals surface area (Å²) in [5.41, 5.74) is 2.19. The second-order valence-electron chi connectivity index (χ2n) is 6.63. The number of anilines is 1. The summed E-state index contributed by atoms with van der Waals surface area (Å²) in [7, 11) is 0. The van der Waals surface area contributed by atoms with Crippen LogP contribution in [-0.4, -0.2) is 65.4 Å². The third kappa shape index (κ3) is 8.39. The number of ketones is 1. The number of nitrogens with one attached hydrogen (secondary N) is 2. The van der Waals surface area contributed by atoms with Gasteiger partial charge in [-0.25, -0.2) is 14.4 Å². The van der Waals surface area contributed by atoms with E-state index in [1.807, 2.05) is 44.9 Å². The summed E-state index contributed by atoms with van der Waals surface area (Å²) >= 11 is 0. The number of aromatic nitrogens is 3. The van der Waals surface area contributed by atoms with Crippen LogP contribution in [0.3, 0.4) is 0 Å². The number of benzene rings is 1. The number of rotatable bonds is 4. The number of aliphatic hydroxyl groups is 1. The Kier molecular flexibility index (Phi) is 13.4. The number of H-pyrrole nitrogens is 1. The first kappa shape index (κ1) is 28.4. The van der Waals surface area contributed by atoms with Gasteiger partial charge < -0.3 is 25.1 Å². The van der Waals surface area contributed by atoms with E-state index in [4.69, 9.17) is 9.90 Å². The normalized spacial score (nSPS) is 12.0. The Morgan fingerprint density at radius 3 is 2.53 bits per heavy atom. The van der Waals surface area contributed by atoms with Crippen LogP contribution >= 0.6 is 0 Å². The highest BCUT2D eigenvalue weighted by Gasteiger charge is 2.16. The third-order valence-electron chi connectivity index (χ3n) is 4.53. The van der Waals surface area contributed by atoms with Crippen LogP contribution in [0.25, 0.3) is 22.4 Å².